The first-order chi connectivity index (χ1) is 9.08. The average molecular weight is 265 g/mol. The molecular formula is C13H23N5O. The topological polar surface area (TPSA) is 62.2 Å². The van der Waals surface area contributed by atoms with Crippen molar-refractivity contribution in [2.75, 3.05) is 25.5 Å². The third-order valence-corrected chi connectivity index (χ3v) is 3.24. The molecule has 0 aliphatic heterocycles. The Hall–Kier alpha value is -1.56. The van der Waals surface area contributed by atoms with E-state index in [0.29, 0.717) is 19.0 Å². The predicted molar refractivity (Wildman–Crippen MR) is 75.0 cm³/mol. The van der Waals surface area contributed by atoms with Crippen LogP contribution in [0.15, 0.2) is 6.20 Å². The molecule has 1 saturated carbocycles. The quantitative estimate of drug-likeness (QED) is 0.694. The maximum atomic E-state index is 11.5. The van der Waals surface area contributed by atoms with Crippen molar-refractivity contribution in [2.24, 2.45) is 7.05 Å². The average Bonchev–Trinajstić information content (AvgIpc) is 3.07. The molecule has 0 radical (unpaired) electrons. The van der Waals surface area contributed by atoms with E-state index < -0.39 is 0 Å². The minimum atomic E-state index is 0.147. The summed E-state index contributed by atoms with van der Waals surface area (Å²) in [4.78, 5) is 17.8. The number of anilines is 1. The van der Waals surface area contributed by atoms with Crippen molar-refractivity contribution in [2.45, 2.75) is 31.8 Å². The Bertz CT molecular complexity index is 436. The number of carbonyl (C=O) groups is 1. The van der Waals surface area contributed by atoms with Gasteiger partial charge in [0.05, 0.1) is 11.9 Å². The molecule has 106 valence electrons. The highest BCUT2D eigenvalue weighted by Crippen LogP contribution is 2.18. The van der Waals surface area contributed by atoms with Gasteiger partial charge in [-0.1, -0.05) is 0 Å². The summed E-state index contributed by atoms with van der Waals surface area (Å²) in [5.41, 5.74) is 1.12. The number of hydrogen-bond donors (Lipinski definition) is 2. The van der Waals surface area contributed by atoms with Crippen molar-refractivity contribution in [1.29, 1.82) is 0 Å². The first-order valence-corrected chi connectivity index (χ1v) is 6.76. The van der Waals surface area contributed by atoms with Crippen molar-refractivity contribution in [3.63, 3.8) is 0 Å². The van der Waals surface area contributed by atoms with E-state index in [1.165, 1.54) is 0 Å². The summed E-state index contributed by atoms with van der Waals surface area (Å²) in [7, 11) is 5.95. The van der Waals surface area contributed by atoms with E-state index in [9.17, 15) is 4.79 Å². The summed E-state index contributed by atoms with van der Waals surface area (Å²) in [5, 5.41) is 6.26. The molecule has 1 aliphatic carbocycles. The zero-order valence-corrected chi connectivity index (χ0v) is 11.9. The molecule has 1 amide bonds. The lowest BCUT2D eigenvalue weighted by molar-refractivity contribution is -0.121. The number of rotatable bonds is 7. The molecule has 1 aromatic heterocycles. The van der Waals surface area contributed by atoms with Gasteiger partial charge in [0, 0.05) is 46.7 Å². The van der Waals surface area contributed by atoms with Crippen LogP contribution in [0.1, 0.15) is 25.0 Å². The zero-order chi connectivity index (χ0) is 13.8. The molecule has 1 fully saturated rings. The van der Waals surface area contributed by atoms with Gasteiger partial charge in [-0.05, 0) is 12.8 Å². The molecule has 6 nitrogen and oxygen atoms in total. The third kappa shape index (κ3) is 3.96. The fourth-order valence-corrected chi connectivity index (χ4v) is 1.96. The fourth-order valence-electron chi connectivity index (χ4n) is 1.96. The van der Waals surface area contributed by atoms with Crippen molar-refractivity contribution in [3.8, 4) is 0 Å². The second-order valence-electron chi connectivity index (χ2n) is 5.27. The first kappa shape index (κ1) is 13.9. The van der Waals surface area contributed by atoms with E-state index in [1.807, 2.05) is 32.2 Å². The number of carbonyl (C=O) groups excluding carboxylic acids is 1. The van der Waals surface area contributed by atoms with Crippen LogP contribution >= 0.6 is 0 Å². The summed E-state index contributed by atoms with van der Waals surface area (Å²) >= 11 is 0. The zero-order valence-electron chi connectivity index (χ0n) is 11.9. The second-order valence-corrected chi connectivity index (χ2v) is 5.27. The van der Waals surface area contributed by atoms with Crippen molar-refractivity contribution >= 4 is 11.9 Å². The standard InChI is InChI=1S/C13H23N5O/c1-17(2)13-15-9-11(18(13)3)8-14-7-6-12(19)16-10-4-5-10/h9-10,14H,4-8H2,1-3H3,(H,16,19). The molecule has 0 unspecified atom stereocenters. The summed E-state index contributed by atoms with van der Waals surface area (Å²) < 4.78 is 2.05. The first-order valence-electron chi connectivity index (χ1n) is 6.76. The van der Waals surface area contributed by atoms with E-state index in [2.05, 4.69) is 20.2 Å². The maximum Gasteiger partial charge on any atom is 0.221 e. The van der Waals surface area contributed by atoms with E-state index in [0.717, 1.165) is 31.0 Å². The Kier molecular flexibility index (Phi) is 4.42. The van der Waals surface area contributed by atoms with Gasteiger partial charge in [-0.2, -0.15) is 0 Å². The van der Waals surface area contributed by atoms with Gasteiger partial charge >= 0.3 is 0 Å². The van der Waals surface area contributed by atoms with Gasteiger partial charge in [0.25, 0.3) is 0 Å². The second kappa shape index (κ2) is 6.06. The van der Waals surface area contributed by atoms with Gasteiger partial charge < -0.3 is 20.1 Å². The van der Waals surface area contributed by atoms with Crippen molar-refractivity contribution < 1.29 is 4.79 Å². The molecule has 0 atom stereocenters. The maximum absolute atomic E-state index is 11.5. The lowest BCUT2D eigenvalue weighted by atomic mass is 10.3. The van der Waals surface area contributed by atoms with Crippen LogP contribution in [-0.2, 0) is 18.4 Å². The van der Waals surface area contributed by atoms with Crippen LogP contribution in [0, 0.1) is 0 Å². The van der Waals surface area contributed by atoms with Gasteiger partial charge in [0.15, 0.2) is 0 Å². The molecule has 6 heteroatoms. The smallest absolute Gasteiger partial charge is 0.221 e. The summed E-state index contributed by atoms with van der Waals surface area (Å²) in [6.45, 7) is 1.43. The Morgan fingerprint density at radius 2 is 2.26 bits per heavy atom. The molecule has 2 rings (SSSR count). The van der Waals surface area contributed by atoms with Crippen LogP contribution in [0.4, 0.5) is 5.95 Å². The van der Waals surface area contributed by atoms with Crippen molar-refractivity contribution in [1.82, 2.24) is 20.2 Å². The van der Waals surface area contributed by atoms with E-state index >= 15 is 0 Å². The highest BCUT2D eigenvalue weighted by molar-refractivity contribution is 5.76. The summed E-state index contributed by atoms with van der Waals surface area (Å²) in [6.07, 6.45) is 4.69. The monoisotopic (exact) mass is 265 g/mol. The van der Waals surface area contributed by atoms with Gasteiger partial charge in [0.2, 0.25) is 11.9 Å². The number of amides is 1. The lowest BCUT2D eigenvalue weighted by Gasteiger charge is -2.12. The molecule has 0 saturated heterocycles. The van der Waals surface area contributed by atoms with Crippen molar-refractivity contribution in [3.05, 3.63) is 11.9 Å². The molecule has 0 spiro atoms. The van der Waals surface area contributed by atoms with Gasteiger partial charge in [-0.25, -0.2) is 4.98 Å². The fraction of sp³-hybridized carbons (Fsp3) is 0.692. The molecular weight excluding hydrogens is 242 g/mol. The van der Waals surface area contributed by atoms with Crippen LogP contribution in [-0.4, -0.2) is 42.1 Å². The minimum absolute atomic E-state index is 0.147. The Labute approximate surface area is 114 Å². The summed E-state index contributed by atoms with van der Waals surface area (Å²) in [5.74, 6) is 1.08. The highest BCUT2D eigenvalue weighted by atomic mass is 16.1. The normalized spacial score (nSPS) is 14.5. The summed E-state index contributed by atoms with van der Waals surface area (Å²) in [6, 6.07) is 0.451. The molecule has 19 heavy (non-hydrogen) atoms. The van der Waals surface area contributed by atoms with Gasteiger partial charge in [0.1, 0.15) is 0 Å². The molecule has 0 aromatic carbocycles. The van der Waals surface area contributed by atoms with Crippen LogP contribution < -0.4 is 15.5 Å². The van der Waals surface area contributed by atoms with Crippen LogP contribution in [0.25, 0.3) is 0 Å². The Morgan fingerprint density at radius 1 is 1.53 bits per heavy atom. The van der Waals surface area contributed by atoms with Crippen LogP contribution in [0.2, 0.25) is 0 Å². The van der Waals surface area contributed by atoms with E-state index in [1.54, 1.807) is 0 Å². The largest absolute Gasteiger partial charge is 0.353 e. The Balaban J connectivity index is 1.68. The number of imidazole rings is 1. The number of nitrogens with one attached hydrogen (secondary N) is 2. The molecule has 1 aliphatic rings. The van der Waals surface area contributed by atoms with E-state index in [-0.39, 0.29) is 5.91 Å². The highest BCUT2D eigenvalue weighted by Gasteiger charge is 2.22. The lowest BCUT2D eigenvalue weighted by Crippen LogP contribution is -2.29. The number of nitrogens with zero attached hydrogens (tertiary/aromatic N) is 3. The molecule has 0 bridgehead atoms. The molecule has 2 N–H and O–H groups in total. The van der Waals surface area contributed by atoms with Gasteiger partial charge in [-0.3, -0.25) is 4.79 Å². The minimum Gasteiger partial charge on any atom is -0.353 e. The number of aromatic nitrogens is 2. The third-order valence-electron chi connectivity index (χ3n) is 3.24. The molecule has 1 heterocycles. The van der Waals surface area contributed by atoms with Gasteiger partial charge in [-0.15, -0.1) is 0 Å². The SMILES string of the molecule is CN(C)c1ncc(CNCCC(=O)NC2CC2)n1C. The van der Waals surface area contributed by atoms with E-state index in [4.69, 9.17) is 0 Å². The molecule has 1 aromatic rings. The predicted octanol–water partition coefficient (Wildman–Crippen LogP) is 0.244. The van der Waals surface area contributed by atoms with Crippen LogP contribution in [0.5, 0.6) is 0 Å². The number of hydrogen-bond acceptors (Lipinski definition) is 4. The Morgan fingerprint density at radius 3 is 2.84 bits per heavy atom. The van der Waals surface area contributed by atoms with Crippen LogP contribution in [0.3, 0.4) is 0 Å².